The molecule has 506 valence electrons. The van der Waals surface area contributed by atoms with Crippen LogP contribution < -0.4 is 31.9 Å². The third kappa shape index (κ3) is 20.6. The molecule has 2 heterocycles. The molecule has 0 bridgehead atoms. The first-order valence-corrected chi connectivity index (χ1v) is 33.5. The molecule has 0 unspecified atom stereocenters. The molecule has 0 radical (unpaired) electrons. The molecule has 7 rings (SSSR count). The molecule has 2 aliphatic rings. The van der Waals surface area contributed by atoms with Gasteiger partial charge in [0, 0.05) is 86.6 Å². The molecule has 24 nitrogen and oxygen atoms in total. The van der Waals surface area contributed by atoms with E-state index in [1.54, 1.807) is 48.5 Å². The molecule has 0 aliphatic carbocycles. The normalized spacial score (nSPS) is 22.3. The Morgan fingerprint density at radius 2 is 0.755 bits per heavy atom. The Balaban J connectivity index is 0.773. The fraction of sp³-hybridized carbons (Fsp3) is 0.441. The van der Waals surface area contributed by atoms with E-state index in [0.29, 0.717) is 72.9 Å². The van der Waals surface area contributed by atoms with Gasteiger partial charge < -0.3 is 82.2 Å². The Kier molecular flexibility index (Phi) is 27.9. The van der Waals surface area contributed by atoms with E-state index in [9.17, 15) is 79.2 Å². The number of unbranched alkanes of at least 4 members (excludes halogenated alkanes) is 2. The number of hydrogen-bond acceptors (Lipinski definition) is 18. The van der Waals surface area contributed by atoms with Crippen LogP contribution in [-0.4, -0.2) is 210 Å². The van der Waals surface area contributed by atoms with Gasteiger partial charge in [0.05, 0.1) is 36.5 Å². The largest absolute Gasteiger partial charge is 0.479 e. The van der Waals surface area contributed by atoms with Crippen LogP contribution >= 0.6 is 23.5 Å². The number of thioether (sulfide) groups is 2. The number of carbonyl (C=O) groups is 8. The zero-order chi connectivity index (χ0) is 68.0. The highest BCUT2D eigenvalue weighted by molar-refractivity contribution is 7.99. The van der Waals surface area contributed by atoms with Crippen LogP contribution in [0.15, 0.2) is 133 Å². The molecule has 0 spiro atoms. The van der Waals surface area contributed by atoms with Gasteiger partial charge in [0.25, 0.3) is 23.6 Å². The van der Waals surface area contributed by atoms with Gasteiger partial charge in [-0.05, 0) is 121 Å². The highest BCUT2D eigenvalue weighted by Crippen LogP contribution is 2.38. The van der Waals surface area contributed by atoms with Crippen LogP contribution in [0.3, 0.4) is 0 Å². The molecule has 2 aliphatic heterocycles. The molecular formula is C68H84N6O18S2. The molecule has 14 N–H and O–H groups in total. The topological polar surface area (TPSA) is 389 Å². The molecule has 26 heteroatoms. The van der Waals surface area contributed by atoms with Crippen molar-refractivity contribution in [1.82, 2.24) is 31.9 Å². The number of rotatable bonds is 34. The van der Waals surface area contributed by atoms with E-state index in [4.69, 9.17) is 9.47 Å². The summed E-state index contributed by atoms with van der Waals surface area (Å²) in [5.41, 5.74) is 0.944. The second-order valence-corrected chi connectivity index (χ2v) is 25.9. The van der Waals surface area contributed by atoms with Gasteiger partial charge in [0.15, 0.2) is 11.2 Å². The van der Waals surface area contributed by atoms with Crippen LogP contribution in [0.2, 0.25) is 0 Å². The third-order valence-electron chi connectivity index (χ3n) is 16.5. The van der Waals surface area contributed by atoms with Gasteiger partial charge in [-0.15, -0.1) is 0 Å². The van der Waals surface area contributed by atoms with Crippen LogP contribution in [0.1, 0.15) is 107 Å². The van der Waals surface area contributed by atoms with Gasteiger partial charge in [0.2, 0.25) is 11.8 Å². The van der Waals surface area contributed by atoms with Crippen LogP contribution in [0.25, 0.3) is 22.3 Å². The van der Waals surface area contributed by atoms with Gasteiger partial charge in [-0.2, -0.15) is 23.5 Å². The number of aliphatic hydroxyl groups excluding tert-OH is 6. The van der Waals surface area contributed by atoms with Crippen molar-refractivity contribution in [3.8, 4) is 22.3 Å². The van der Waals surface area contributed by atoms with Gasteiger partial charge in [-0.1, -0.05) is 84.9 Å². The minimum Gasteiger partial charge on any atom is -0.479 e. The van der Waals surface area contributed by atoms with Crippen molar-refractivity contribution in [2.45, 2.75) is 137 Å². The van der Waals surface area contributed by atoms with Crippen molar-refractivity contribution < 1.29 is 88.7 Å². The molecule has 5 aromatic carbocycles. The number of carboxylic acids is 2. The highest BCUT2D eigenvalue weighted by Gasteiger charge is 2.56. The number of hydrogen-bond donors (Lipinski definition) is 14. The van der Waals surface area contributed by atoms with Crippen LogP contribution in [0.4, 0.5) is 0 Å². The zero-order valence-corrected chi connectivity index (χ0v) is 53.9. The lowest BCUT2D eigenvalue weighted by Crippen LogP contribution is -2.67. The highest BCUT2D eigenvalue weighted by atomic mass is 32.2. The number of ether oxygens (including phenoxy) is 2. The summed E-state index contributed by atoms with van der Waals surface area (Å²) in [6.07, 6.45) is -12.5. The summed E-state index contributed by atoms with van der Waals surface area (Å²) in [4.78, 5) is 102. The monoisotopic (exact) mass is 1340 g/mol. The van der Waals surface area contributed by atoms with Gasteiger partial charge >= 0.3 is 11.9 Å². The lowest BCUT2D eigenvalue weighted by atomic mass is 9.81. The fourth-order valence-electron chi connectivity index (χ4n) is 11.4. The first-order valence-electron chi connectivity index (χ1n) is 31.2. The lowest BCUT2D eigenvalue weighted by molar-refractivity contribution is -0.229. The Morgan fingerprint density at radius 1 is 0.447 bits per heavy atom. The quantitative estimate of drug-likeness (QED) is 0.0262. The molecule has 2 fully saturated rings. The van der Waals surface area contributed by atoms with E-state index >= 15 is 0 Å². The molecular weight excluding hydrogens is 1250 g/mol. The maximum atomic E-state index is 13.0. The third-order valence-corrected chi connectivity index (χ3v) is 18.6. The van der Waals surface area contributed by atoms with Crippen molar-refractivity contribution in [2.24, 2.45) is 0 Å². The second-order valence-electron chi connectivity index (χ2n) is 23.4. The van der Waals surface area contributed by atoms with E-state index in [0.717, 1.165) is 22.3 Å². The fourth-order valence-corrected chi connectivity index (χ4v) is 13.1. The van der Waals surface area contributed by atoms with E-state index in [-0.39, 0.29) is 35.8 Å². The maximum Gasteiger partial charge on any atom is 0.336 e. The Labute approximate surface area is 553 Å². The predicted molar refractivity (Wildman–Crippen MR) is 353 cm³/mol. The minimum absolute atomic E-state index is 0.0789. The number of amides is 6. The number of nitrogens with one attached hydrogen (secondary N) is 6. The van der Waals surface area contributed by atoms with Crippen molar-refractivity contribution in [2.75, 3.05) is 49.2 Å². The van der Waals surface area contributed by atoms with Crippen LogP contribution in [0.5, 0.6) is 0 Å². The summed E-state index contributed by atoms with van der Waals surface area (Å²) in [6, 6.07) is 36.2. The van der Waals surface area contributed by atoms with E-state index in [1.165, 1.54) is 61.6 Å². The average molecular weight is 1340 g/mol. The number of carboxylic acid groups (broad SMARTS) is 2. The molecule has 6 amide bonds. The van der Waals surface area contributed by atoms with Gasteiger partial charge in [-0.3, -0.25) is 28.8 Å². The number of benzene rings is 5. The first kappa shape index (κ1) is 73.6. The molecule has 5 aromatic rings. The molecule has 12 atom stereocenters. The second kappa shape index (κ2) is 35.7. The molecule has 0 saturated carbocycles. The standard InChI is InChI=1S/C68H84N6O18S2/c1-41(75)73-55-51(77)37-67(65(87)88,91-59(55)57(81)53(79)39-71-63(85)49-21-17-45(18-22-49)43-13-5-3-6-14-43)29-9-11-33-93-35-31-69-61(83)47-25-27-48(28-26-47)62(84)70-32-36-94-34-12-10-30-68(66(89)90)38-52(78)56(74-42(2)76)60(92-68)58(82)54(80)40-72-64(86)50-23-19-46(20-24-50)44-15-7-4-8-16-44/h3-8,13-28,51-60,77-82H,9-12,29-40H2,1-2H3,(H,69,83)(H,70,84)(H,71,85)(H,72,86)(H,73,75)(H,74,76)(H,87,88)(H,89,90)/t51-,52-,53+,54+,55+,56+,57+,58+,59+,60+,67+,68+/m0/s1. The minimum atomic E-state index is -1.99. The first-order chi connectivity index (χ1) is 45.0. The van der Waals surface area contributed by atoms with Crippen molar-refractivity contribution in [3.05, 3.63) is 156 Å². The Morgan fingerprint density at radius 3 is 1.07 bits per heavy atom. The van der Waals surface area contributed by atoms with Gasteiger partial charge in [0.1, 0.15) is 24.4 Å². The van der Waals surface area contributed by atoms with Crippen LogP contribution in [-0.2, 0) is 28.7 Å². The smallest absolute Gasteiger partial charge is 0.336 e. The molecule has 2 saturated heterocycles. The maximum absolute atomic E-state index is 13.0. The summed E-state index contributed by atoms with van der Waals surface area (Å²) in [6.45, 7) is 2.04. The van der Waals surface area contributed by atoms with Crippen LogP contribution in [0, 0.1) is 0 Å². The number of aliphatic carboxylic acids is 2. The summed E-state index contributed by atoms with van der Waals surface area (Å²) >= 11 is 3.02. The van der Waals surface area contributed by atoms with E-state index in [1.807, 2.05) is 60.7 Å². The molecule has 0 aromatic heterocycles. The molecule has 94 heavy (non-hydrogen) atoms. The zero-order valence-electron chi connectivity index (χ0n) is 52.3. The Bertz CT molecular complexity index is 3100. The summed E-state index contributed by atoms with van der Waals surface area (Å²) in [7, 11) is 0. The number of carbonyl (C=O) groups excluding carboxylic acids is 6. The van der Waals surface area contributed by atoms with Gasteiger partial charge in [-0.25, -0.2) is 9.59 Å². The predicted octanol–water partition coefficient (Wildman–Crippen LogP) is 3.55. The summed E-state index contributed by atoms with van der Waals surface area (Å²) < 4.78 is 12.1. The lowest BCUT2D eigenvalue weighted by Gasteiger charge is -2.47. The van der Waals surface area contributed by atoms with Crippen molar-refractivity contribution in [3.63, 3.8) is 0 Å². The summed E-state index contributed by atoms with van der Waals surface area (Å²) in [5.74, 6) is -3.61. The summed E-state index contributed by atoms with van der Waals surface area (Å²) in [5, 5.41) is 104. The number of aliphatic hydroxyl groups is 6. The van der Waals surface area contributed by atoms with E-state index < -0.39 is 134 Å². The average Bonchev–Trinajstić information content (AvgIpc) is 0.791. The van der Waals surface area contributed by atoms with E-state index in [2.05, 4.69) is 31.9 Å². The van der Waals surface area contributed by atoms with Crippen molar-refractivity contribution in [1.29, 1.82) is 0 Å². The van der Waals surface area contributed by atoms with Crippen molar-refractivity contribution >= 4 is 70.9 Å². The SMILES string of the molecule is CC(=O)N[C@H]1[C@H]([C@H](O)[C@H](O)CNC(=O)c2ccc(-c3ccccc3)cc2)O[C@@](CCCCSCCNC(=O)c2ccc(C(=O)NCCSCCCC[C@]3(C(=O)O)C[C@H](O)[C@@H](NC(C)=O)[C@H]([C@H](O)[C@H](O)CNC(=O)c4ccc(-c5ccccc5)cc4)O3)cc2)(C(=O)O)C[C@@H]1O. The Hall–Kier alpha value is -7.76.